The third-order valence-electron chi connectivity index (χ3n) is 6.70. The SMILES string of the molecule is CC1(C)CC(=O)[C@@H]2[C@@H]3[C@H]4CC[C@@H](C4)[C@H]3[C@@]2(C)C1. The molecule has 0 aliphatic heterocycles. The van der Waals surface area contributed by atoms with Crippen molar-refractivity contribution < 1.29 is 4.79 Å². The van der Waals surface area contributed by atoms with Gasteiger partial charge in [0.05, 0.1) is 0 Å². The highest BCUT2D eigenvalue weighted by Gasteiger charge is 2.71. The maximum Gasteiger partial charge on any atom is 0.137 e. The highest BCUT2D eigenvalue weighted by Crippen LogP contribution is 2.75. The van der Waals surface area contributed by atoms with Gasteiger partial charge in [0.15, 0.2) is 0 Å². The van der Waals surface area contributed by atoms with Gasteiger partial charge in [0.2, 0.25) is 0 Å². The Morgan fingerprint density at radius 2 is 1.82 bits per heavy atom. The summed E-state index contributed by atoms with van der Waals surface area (Å²) in [6.07, 6.45) is 6.47. The average molecular weight is 232 g/mol. The molecule has 0 amide bonds. The van der Waals surface area contributed by atoms with E-state index < -0.39 is 0 Å². The Bertz CT molecular complexity index is 396. The molecule has 1 heteroatoms. The fraction of sp³-hybridized carbons (Fsp3) is 0.938. The summed E-state index contributed by atoms with van der Waals surface area (Å²) in [6.45, 7) is 7.04. The van der Waals surface area contributed by atoms with E-state index in [4.69, 9.17) is 0 Å². The van der Waals surface area contributed by atoms with Crippen LogP contribution >= 0.6 is 0 Å². The molecule has 4 saturated carbocycles. The number of hydrogen-bond acceptors (Lipinski definition) is 1. The van der Waals surface area contributed by atoms with Crippen molar-refractivity contribution in [1.82, 2.24) is 0 Å². The molecule has 6 atom stereocenters. The lowest BCUT2D eigenvalue weighted by Gasteiger charge is -2.66. The second-order valence-corrected chi connectivity index (χ2v) is 8.40. The molecule has 0 unspecified atom stereocenters. The third-order valence-corrected chi connectivity index (χ3v) is 6.70. The molecular weight excluding hydrogens is 208 g/mol. The molecule has 0 aromatic rings. The molecule has 0 saturated heterocycles. The van der Waals surface area contributed by atoms with Gasteiger partial charge in [-0.1, -0.05) is 20.8 Å². The molecule has 17 heavy (non-hydrogen) atoms. The van der Waals surface area contributed by atoms with Gasteiger partial charge < -0.3 is 0 Å². The number of Topliss-reactive ketones (excluding diaryl/α,β-unsaturated/α-hetero) is 1. The molecule has 2 bridgehead atoms. The fourth-order valence-corrected chi connectivity index (χ4v) is 6.81. The fourth-order valence-electron chi connectivity index (χ4n) is 6.81. The normalized spacial score (nSPS) is 58.5. The third kappa shape index (κ3) is 1.10. The quantitative estimate of drug-likeness (QED) is 0.622. The summed E-state index contributed by atoms with van der Waals surface area (Å²) >= 11 is 0. The number of ketones is 1. The van der Waals surface area contributed by atoms with E-state index >= 15 is 0 Å². The van der Waals surface area contributed by atoms with Crippen LogP contribution in [0, 0.1) is 40.4 Å². The molecular formula is C16H24O. The standard InChI is InChI=1S/C16H24O/c1-15(2)7-11(17)14-12-9-4-5-10(6-9)13(12)16(14,3)8-15/h9-10,12-14H,4-8H2,1-3H3/t9-,10-,12+,13+,14+,16+/m0/s1. The van der Waals surface area contributed by atoms with Gasteiger partial charge in [-0.05, 0) is 60.2 Å². The minimum Gasteiger partial charge on any atom is -0.299 e. The molecule has 94 valence electrons. The number of carbonyl (C=O) groups is 1. The number of rotatable bonds is 0. The van der Waals surface area contributed by atoms with Crippen molar-refractivity contribution in [1.29, 1.82) is 0 Å². The van der Waals surface area contributed by atoms with E-state index in [1.165, 1.54) is 25.7 Å². The molecule has 4 rings (SSSR count). The van der Waals surface area contributed by atoms with Gasteiger partial charge in [-0.25, -0.2) is 0 Å². The minimum absolute atomic E-state index is 0.259. The Morgan fingerprint density at radius 1 is 1.12 bits per heavy atom. The van der Waals surface area contributed by atoms with Crippen LogP contribution in [-0.2, 0) is 4.79 Å². The predicted octanol–water partition coefficient (Wildman–Crippen LogP) is 3.67. The summed E-state index contributed by atoms with van der Waals surface area (Å²) in [6, 6.07) is 0. The molecule has 0 heterocycles. The second kappa shape index (κ2) is 2.81. The first-order valence-electron chi connectivity index (χ1n) is 7.45. The molecule has 4 aliphatic rings. The Labute approximate surface area is 104 Å². The van der Waals surface area contributed by atoms with Crippen molar-refractivity contribution in [2.24, 2.45) is 40.4 Å². The molecule has 0 spiro atoms. The van der Waals surface area contributed by atoms with E-state index in [9.17, 15) is 4.79 Å². The van der Waals surface area contributed by atoms with Crippen molar-refractivity contribution >= 4 is 5.78 Å². The summed E-state index contributed by atoms with van der Waals surface area (Å²) in [5, 5.41) is 0. The van der Waals surface area contributed by atoms with Crippen LogP contribution in [0.15, 0.2) is 0 Å². The van der Waals surface area contributed by atoms with Crippen LogP contribution in [-0.4, -0.2) is 5.78 Å². The number of hydrogen-bond donors (Lipinski definition) is 0. The van der Waals surface area contributed by atoms with E-state index in [-0.39, 0.29) is 5.41 Å². The number of fused-ring (bicyclic) bond motifs is 8. The highest BCUT2D eigenvalue weighted by atomic mass is 16.1. The largest absolute Gasteiger partial charge is 0.299 e. The second-order valence-electron chi connectivity index (χ2n) is 8.40. The first kappa shape index (κ1) is 10.6. The van der Waals surface area contributed by atoms with E-state index in [0.29, 0.717) is 17.1 Å². The summed E-state index contributed by atoms with van der Waals surface area (Å²) in [7, 11) is 0. The molecule has 4 aliphatic carbocycles. The maximum atomic E-state index is 12.5. The van der Waals surface area contributed by atoms with Gasteiger partial charge in [-0.15, -0.1) is 0 Å². The Kier molecular flexibility index (Phi) is 1.75. The van der Waals surface area contributed by atoms with Gasteiger partial charge in [-0.3, -0.25) is 4.79 Å². The molecule has 4 fully saturated rings. The molecule has 0 aromatic heterocycles. The average Bonchev–Trinajstić information content (AvgIpc) is 2.70. The van der Waals surface area contributed by atoms with E-state index in [1.807, 2.05) is 0 Å². The summed E-state index contributed by atoms with van der Waals surface area (Å²) < 4.78 is 0. The Morgan fingerprint density at radius 3 is 2.59 bits per heavy atom. The molecule has 1 nitrogen and oxygen atoms in total. The van der Waals surface area contributed by atoms with Gasteiger partial charge in [0, 0.05) is 12.3 Å². The van der Waals surface area contributed by atoms with Crippen LogP contribution in [0.4, 0.5) is 0 Å². The van der Waals surface area contributed by atoms with Gasteiger partial charge in [0.1, 0.15) is 5.78 Å². The predicted molar refractivity (Wildman–Crippen MR) is 67.4 cm³/mol. The van der Waals surface area contributed by atoms with Crippen LogP contribution in [0.2, 0.25) is 0 Å². The van der Waals surface area contributed by atoms with Crippen LogP contribution < -0.4 is 0 Å². The van der Waals surface area contributed by atoms with E-state index in [2.05, 4.69) is 20.8 Å². The summed E-state index contributed by atoms with van der Waals surface area (Å²) in [5.74, 6) is 4.69. The van der Waals surface area contributed by atoms with Gasteiger partial charge in [0.25, 0.3) is 0 Å². The smallest absolute Gasteiger partial charge is 0.137 e. The van der Waals surface area contributed by atoms with Crippen molar-refractivity contribution in [3.63, 3.8) is 0 Å². The summed E-state index contributed by atoms with van der Waals surface area (Å²) in [4.78, 5) is 12.5. The van der Waals surface area contributed by atoms with Crippen LogP contribution in [0.25, 0.3) is 0 Å². The zero-order valence-electron chi connectivity index (χ0n) is 11.3. The summed E-state index contributed by atoms with van der Waals surface area (Å²) in [5.41, 5.74) is 0.637. The maximum absolute atomic E-state index is 12.5. The monoisotopic (exact) mass is 232 g/mol. The topological polar surface area (TPSA) is 17.1 Å². The van der Waals surface area contributed by atoms with Crippen LogP contribution in [0.3, 0.4) is 0 Å². The highest BCUT2D eigenvalue weighted by molar-refractivity contribution is 5.85. The first-order valence-corrected chi connectivity index (χ1v) is 7.45. The van der Waals surface area contributed by atoms with Crippen LogP contribution in [0.5, 0.6) is 0 Å². The zero-order chi connectivity index (χ0) is 12.0. The molecule has 0 N–H and O–H groups in total. The zero-order valence-corrected chi connectivity index (χ0v) is 11.3. The van der Waals surface area contributed by atoms with Gasteiger partial charge in [-0.2, -0.15) is 0 Å². The van der Waals surface area contributed by atoms with Crippen LogP contribution in [0.1, 0.15) is 52.9 Å². The molecule has 0 aromatic carbocycles. The molecule has 0 radical (unpaired) electrons. The number of carbonyl (C=O) groups excluding carboxylic acids is 1. The Hall–Kier alpha value is -0.330. The lowest BCUT2D eigenvalue weighted by molar-refractivity contribution is -0.191. The van der Waals surface area contributed by atoms with Crippen molar-refractivity contribution in [2.75, 3.05) is 0 Å². The van der Waals surface area contributed by atoms with Crippen molar-refractivity contribution in [3.05, 3.63) is 0 Å². The van der Waals surface area contributed by atoms with Crippen molar-refractivity contribution in [2.45, 2.75) is 52.9 Å². The minimum atomic E-state index is 0.259. The van der Waals surface area contributed by atoms with E-state index in [1.54, 1.807) is 0 Å². The lowest BCUT2D eigenvalue weighted by atomic mass is 9.37. The van der Waals surface area contributed by atoms with E-state index in [0.717, 1.165) is 30.1 Å². The van der Waals surface area contributed by atoms with Crippen molar-refractivity contribution in [3.8, 4) is 0 Å². The lowest BCUT2D eigenvalue weighted by Crippen LogP contribution is -2.64. The van der Waals surface area contributed by atoms with Gasteiger partial charge >= 0.3 is 0 Å². The first-order chi connectivity index (χ1) is 7.92. The Balaban J connectivity index is 1.73.